The van der Waals surface area contributed by atoms with E-state index < -0.39 is 0 Å². The standard InChI is InChI=1S/C26H24Cl2N2O2S2/c1-2-17-5-3-7-20-18(14-29(24(17)20)13-16-8-9-21(27)22(28)11-16)12-23-25(31)30(26(33)34-23)15-19-6-4-10-32-19/h3,5,7-9,11-12,14,19H,2,4,6,10,13,15H2,1H3/b23-12-/t19-/m1/s1. The van der Waals surface area contributed by atoms with Gasteiger partial charge in [-0.25, -0.2) is 0 Å². The average molecular weight is 532 g/mol. The van der Waals surface area contributed by atoms with E-state index in [2.05, 4.69) is 35.9 Å². The summed E-state index contributed by atoms with van der Waals surface area (Å²) < 4.78 is 8.55. The second-order valence-electron chi connectivity index (χ2n) is 8.56. The third-order valence-corrected chi connectivity index (χ3v) is 8.42. The summed E-state index contributed by atoms with van der Waals surface area (Å²) in [5, 5.41) is 2.20. The predicted octanol–water partition coefficient (Wildman–Crippen LogP) is 6.94. The van der Waals surface area contributed by atoms with Crippen LogP contribution in [0.3, 0.4) is 0 Å². The van der Waals surface area contributed by atoms with Crippen LogP contribution < -0.4 is 0 Å². The minimum absolute atomic E-state index is 0.0393. The van der Waals surface area contributed by atoms with Gasteiger partial charge in [0.25, 0.3) is 5.91 Å². The van der Waals surface area contributed by atoms with Crippen molar-refractivity contribution in [2.75, 3.05) is 13.2 Å². The number of para-hydroxylation sites is 1. The lowest BCUT2D eigenvalue weighted by Gasteiger charge is -2.18. The molecular weight excluding hydrogens is 507 g/mol. The summed E-state index contributed by atoms with van der Waals surface area (Å²) in [6.45, 7) is 4.09. The van der Waals surface area contributed by atoms with Crippen LogP contribution in [0.1, 0.15) is 36.5 Å². The minimum atomic E-state index is -0.0393. The first-order valence-electron chi connectivity index (χ1n) is 11.4. The Kier molecular flexibility index (Phi) is 7.05. The van der Waals surface area contributed by atoms with E-state index >= 15 is 0 Å². The summed E-state index contributed by atoms with van der Waals surface area (Å²) in [4.78, 5) is 15.5. The van der Waals surface area contributed by atoms with Gasteiger partial charge in [-0.1, -0.05) is 78.4 Å². The Balaban J connectivity index is 1.51. The van der Waals surface area contributed by atoms with E-state index in [4.69, 9.17) is 40.2 Å². The van der Waals surface area contributed by atoms with Crippen molar-refractivity contribution in [2.45, 2.75) is 38.8 Å². The second kappa shape index (κ2) is 10.0. The number of halogens is 2. The van der Waals surface area contributed by atoms with E-state index in [9.17, 15) is 4.79 Å². The third kappa shape index (κ3) is 4.67. The van der Waals surface area contributed by atoms with Crippen molar-refractivity contribution in [1.29, 1.82) is 0 Å². The molecule has 8 heteroatoms. The molecule has 176 valence electrons. The van der Waals surface area contributed by atoms with Gasteiger partial charge in [0, 0.05) is 30.3 Å². The van der Waals surface area contributed by atoms with Crippen LogP contribution in [0.2, 0.25) is 10.0 Å². The maximum Gasteiger partial charge on any atom is 0.266 e. The van der Waals surface area contributed by atoms with Gasteiger partial charge in [0.1, 0.15) is 4.32 Å². The number of ether oxygens (including phenoxy) is 1. The van der Waals surface area contributed by atoms with Crippen molar-refractivity contribution in [3.63, 3.8) is 0 Å². The highest BCUT2D eigenvalue weighted by Gasteiger charge is 2.34. The second-order valence-corrected chi connectivity index (χ2v) is 11.0. The zero-order chi connectivity index (χ0) is 23.8. The van der Waals surface area contributed by atoms with Crippen molar-refractivity contribution in [1.82, 2.24) is 9.47 Å². The van der Waals surface area contributed by atoms with Crippen LogP contribution in [-0.4, -0.2) is 39.0 Å². The van der Waals surface area contributed by atoms with Crippen LogP contribution >= 0.6 is 47.2 Å². The molecule has 2 aromatic carbocycles. The van der Waals surface area contributed by atoms with Crippen molar-refractivity contribution < 1.29 is 9.53 Å². The monoisotopic (exact) mass is 530 g/mol. The number of aromatic nitrogens is 1. The number of amides is 1. The number of thiocarbonyl (C=S) groups is 1. The third-order valence-electron chi connectivity index (χ3n) is 6.30. The molecule has 0 bridgehead atoms. The number of fused-ring (bicyclic) bond motifs is 1. The number of nitrogens with zero attached hydrogens (tertiary/aromatic N) is 2. The molecule has 1 atom stereocenters. The molecule has 2 saturated heterocycles. The van der Waals surface area contributed by atoms with Gasteiger partial charge in [-0.3, -0.25) is 9.69 Å². The van der Waals surface area contributed by atoms with Crippen LogP contribution in [0, 0.1) is 0 Å². The molecule has 2 aliphatic heterocycles. The molecule has 0 saturated carbocycles. The van der Waals surface area contributed by atoms with Gasteiger partial charge in [0.15, 0.2) is 0 Å². The topological polar surface area (TPSA) is 34.5 Å². The molecule has 0 N–H and O–H groups in total. The maximum absolute atomic E-state index is 13.2. The van der Waals surface area contributed by atoms with Crippen molar-refractivity contribution in [3.8, 4) is 0 Å². The largest absolute Gasteiger partial charge is 0.376 e. The number of aryl methyl sites for hydroxylation is 1. The van der Waals surface area contributed by atoms with Crippen LogP contribution in [0.25, 0.3) is 17.0 Å². The summed E-state index contributed by atoms with van der Waals surface area (Å²) in [7, 11) is 0. The van der Waals surface area contributed by atoms with Gasteiger partial charge < -0.3 is 9.30 Å². The molecule has 3 heterocycles. The molecule has 34 heavy (non-hydrogen) atoms. The molecule has 0 aliphatic carbocycles. The first kappa shape index (κ1) is 23.9. The number of rotatable bonds is 6. The first-order valence-corrected chi connectivity index (χ1v) is 13.3. The lowest BCUT2D eigenvalue weighted by Crippen LogP contribution is -2.35. The van der Waals surface area contributed by atoms with Gasteiger partial charge >= 0.3 is 0 Å². The Morgan fingerprint density at radius 1 is 1.24 bits per heavy atom. The fraction of sp³-hybridized carbons (Fsp3) is 0.308. The van der Waals surface area contributed by atoms with E-state index in [1.54, 1.807) is 4.90 Å². The number of thioether (sulfide) groups is 1. The van der Waals surface area contributed by atoms with Crippen molar-refractivity contribution in [2.24, 2.45) is 0 Å². The van der Waals surface area contributed by atoms with Crippen LogP contribution in [-0.2, 0) is 22.5 Å². The van der Waals surface area contributed by atoms with E-state index in [1.807, 2.05) is 24.3 Å². The maximum atomic E-state index is 13.2. The number of hydrogen-bond acceptors (Lipinski definition) is 4. The molecule has 1 aromatic heterocycles. The molecule has 0 spiro atoms. The summed E-state index contributed by atoms with van der Waals surface area (Å²) in [5.74, 6) is -0.0393. The molecule has 2 fully saturated rings. The molecule has 2 aliphatic rings. The lowest BCUT2D eigenvalue weighted by atomic mass is 10.1. The zero-order valence-corrected chi connectivity index (χ0v) is 21.9. The SMILES string of the molecule is CCc1cccc2c(/C=C3\SC(=S)N(C[C@H]4CCCO4)C3=O)cn(Cc3ccc(Cl)c(Cl)c3)c12. The lowest BCUT2D eigenvalue weighted by molar-refractivity contribution is -0.123. The highest BCUT2D eigenvalue weighted by Crippen LogP contribution is 2.36. The fourth-order valence-corrected chi connectivity index (χ4v) is 6.20. The van der Waals surface area contributed by atoms with Crippen LogP contribution in [0.15, 0.2) is 47.5 Å². The summed E-state index contributed by atoms with van der Waals surface area (Å²) in [5.41, 5.74) is 4.48. The number of benzene rings is 2. The Hall–Kier alpha value is -1.83. The molecule has 5 rings (SSSR count). The van der Waals surface area contributed by atoms with Crippen LogP contribution in [0.4, 0.5) is 0 Å². The van der Waals surface area contributed by atoms with E-state index in [0.29, 0.717) is 32.4 Å². The summed E-state index contributed by atoms with van der Waals surface area (Å²) >= 11 is 19.3. The Morgan fingerprint density at radius 2 is 2.09 bits per heavy atom. The Labute approximate surface area is 218 Å². The number of carbonyl (C=O) groups is 1. The van der Waals surface area contributed by atoms with Gasteiger partial charge in [-0.05, 0) is 48.6 Å². The fourth-order valence-electron chi connectivity index (χ4n) is 4.62. The first-order chi connectivity index (χ1) is 16.4. The number of hydrogen-bond donors (Lipinski definition) is 0. The highest BCUT2D eigenvalue weighted by atomic mass is 35.5. The molecule has 1 amide bonds. The van der Waals surface area contributed by atoms with E-state index in [0.717, 1.165) is 47.9 Å². The molecule has 3 aromatic rings. The Morgan fingerprint density at radius 3 is 2.82 bits per heavy atom. The minimum Gasteiger partial charge on any atom is -0.376 e. The van der Waals surface area contributed by atoms with Gasteiger partial charge in [-0.15, -0.1) is 0 Å². The molecule has 4 nitrogen and oxygen atoms in total. The van der Waals surface area contributed by atoms with Crippen molar-refractivity contribution >= 4 is 74.4 Å². The average Bonchev–Trinajstić information content (AvgIpc) is 3.53. The van der Waals surface area contributed by atoms with E-state index in [-0.39, 0.29) is 12.0 Å². The summed E-state index contributed by atoms with van der Waals surface area (Å²) in [6, 6.07) is 12.1. The van der Waals surface area contributed by atoms with Crippen LogP contribution in [0.5, 0.6) is 0 Å². The smallest absolute Gasteiger partial charge is 0.266 e. The quantitative estimate of drug-likeness (QED) is 0.255. The highest BCUT2D eigenvalue weighted by molar-refractivity contribution is 8.26. The zero-order valence-electron chi connectivity index (χ0n) is 18.7. The molecular formula is C26H24Cl2N2O2S2. The molecule has 0 unspecified atom stereocenters. The van der Waals surface area contributed by atoms with Gasteiger partial charge in [0.2, 0.25) is 0 Å². The van der Waals surface area contributed by atoms with Crippen molar-refractivity contribution in [3.05, 3.63) is 74.2 Å². The predicted molar refractivity (Wildman–Crippen MR) is 146 cm³/mol. The molecule has 0 radical (unpaired) electrons. The summed E-state index contributed by atoms with van der Waals surface area (Å²) in [6.07, 6.45) is 7.07. The van der Waals surface area contributed by atoms with Gasteiger partial charge in [0.05, 0.1) is 33.1 Å². The Bertz CT molecular complexity index is 1310. The normalized spacial score (nSPS) is 19.8. The van der Waals surface area contributed by atoms with Gasteiger partial charge in [-0.2, -0.15) is 0 Å². The van der Waals surface area contributed by atoms with E-state index in [1.165, 1.54) is 17.3 Å². The number of carbonyl (C=O) groups excluding carboxylic acids is 1.